The van der Waals surface area contributed by atoms with Crippen LogP contribution in [0.15, 0.2) is 35.7 Å². The highest BCUT2D eigenvalue weighted by molar-refractivity contribution is 7.10. The first kappa shape index (κ1) is 12.9. The molecule has 1 unspecified atom stereocenters. The van der Waals surface area contributed by atoms with Gasteiger partial charge in [-0.15, -0.1) is 11.3 Å². The van der Waals surface area contributed by atoms with Crippen LogP contribution in [0.1, 0.15) is 16.5 Å². The van der Waals surface area contributed by atoms with Gasteiger partial charge in [-0.2, -0.15) is 0 Å². The molecule has 5 heteroatoms. The maximum Gasteiger partial charge on any atom is 0.129 e. The minimum atomic E-state index is -0.102. The number of hydrogen-bond donors (Lipinski definition) is 2. The van der Waals surface area contributed by atoms with Gasteiger partial charge in [0, 0.05) is 15.8 Å². The third-order valence-corrected chi connectivity index (χ3v) is 3.71. The number of benzene rings is 1. The fraction of sp³-hybridized carbons (Fsp3) is 0.231. The quantitative estimate of drug-likeness (QED) is 0.643. The lowest BCUT2D eigenvalue weighted by Gasteiger charge is -2.17. The van der Waals surface area contributed by atoms with E-state index in [-0.39, 0.29) is 6.04 Å². The molecule has 96 valence electrons. The summed E-state index contributed by atoms with van der Waals surface area (Å²) >= 11 is 1.60. The predicted octanol–water partition coefficient (Wildman–Crippen LogP) is 2.32. The highest BCUT2D eigenvalue weighted by Crippen LogP contribution is 2.34. The molecule has 0 fully saturated rings. The van der Waals surface area contributed by atoms with E-state index in [1.807, 2.05) is 35.7 Å². The number of ether oxygens (including phenoxy) is 2. The van der Waals surface area contributed by atoms with E-state index in [4.69, 9.17) is 15.3 Å². The van der Waals surface area contributed by atoms with Crippen molar-refractivity contribution in [3.8, 4) is 11.5 Å². The fourth-order valence-corrected chi connectivity index (χ4v) is 2.75. The van der Waals surface area contributed by atoms with Crippen molar-refractivity contribution in [2.45, 2.75) is 6.04 Å². The van der Waals surface area contributed by atoms with Crippen molar-refractivity contribution >= 4 is 11.3 Å². The van der Waals surface area contributed by atoms with Crippen LogP contribution >= 0.6 is 11.3 Å². The Morgan fingerprint density at radius 3 is 2.61 bits per heavy atom. The van der Waals surface area contributed by atoms with Crippen LogP contribution in [0.5, 0.6) is 11.5 Å². The lowest BCUT2D eigenvalue weighted by molar-refractivity contribution is 0.404. The van der Waals surface area contributed by atoms with Crippen molar-refractivity contribution in [2.75, 3.05) is 14.2 Å². The zero-order valence-electron chi connectivity index (χ0n) is 10.3. The highest BCUT2D eigenvalue weighted by atomic mass is 32.1. The zero-order chi connectivity index (χ0) is 13.0. The standard InChI is InChI=1S/C13H16N2O2S/c1-16-9-7-12(18-8-9)13(15-14)10-5-3-4-6-11(10)17-2/h3-8,13,15H,14H2,1-2H3. The van der Waals surface area contributed by atoms with Crippen LogP contribution in [-0.2, 0) is 0 Å². The monoisotopic (exact) mass is 264 g/mol. The van der Waals surface area contributed by atoms with Crippen LogP contribution in [0.3, 0.4) is 0 Å². The van der Waals surface area contributed by atoms with E-state index < -0.39 is 0 Å². The van der Waals surface area contributed by atoms with Crippen LogP contribution in [0.2, 0.25) is 0 Å². The molecule has 3 N–H and O–H groups in total. The number of nitrogens with two attached hydrogens (primary N) is 1. The van der Waals surface area contributed by atoms with Gasteiger partial charge >= 0.3 is 0 Å². The molecule has 0 aliphatic rings. The summed E-state index contributed by atoms with van der Waals surface area (Å²) in [5.41, 5.74) is 3.83. The van der Waals surface area contributed by atoms with Gasteiger partial charge in [0.25, 0.3) is 0 Å². The van der Waals surface area contributed by atoms with Crippen molar-refractivity contribution in [1.82, 2.24) is 5.43 Å². The lowest BCUT2D eigenvalue weighted by atomic mass is 10.0. The summed E-state index contributed by atoms with van der Waals surface area (Å²) in [6.07, 6.45) is 0. The van der Waals surface area contributed by atoms with Crippen LogP contribution in [0.4, 0.5) is 0 Å². The van der Waals surface area contributed by atoms with Crippen molar-refractivity contribution in [1.29, 1.82) is 0 Å². The van der Waals surface area contributed by atoms with E-state index in [0.29, 0.717) is 0 Å². The van der Waals surface area contributed by atoms with Gasteiger partial charge in [-0.25, -0.2) is 5.43 Å². The van der Waals surface area contributed by atoms with Gasteiger partial charge in [-0.1, -0.05) is 18.2 Å². The molecule has 0 aliphatic carbocycles. The number of hydrazine groups is 1. The molecule has 0 radical (unpaired) electrons. The second-order valence-electron chi connectivity index (χ2n) is 3.73. The normalized spacial score (nSPS) is 12.2. The van der Waals surface area contributed by atoms with Crippen LogP contribution in [-0.4, -0.2) is 14.2 Å². The minimum absolute atomic E-state index is 0.102. The number of rotatable bonds is 5. The molecular formula is C13H16N2O2S. The SMILES string of the molecule is COc1csc(C(NN)c2ccccc2OC)c1. The Labute approximate surface area is 110 Å². The lowest BCUT2D eigenvalue weighted by Crippen LogP contribution is -2.28. The summed E-state index contributed by atoms with van der Waals surface area (Å²) in [4.78, 5) is 1.08. The Morgan fingerprint density at radius 2 is 2.00 bits per heavy atom. The molecule has 0 amide bonds. The number of para-hydroxylation sites is 1. The Kier molecular flexibility index (Phi) is 4.19. The summed E-state index contributed by atoms with van der Waals surface area (Å²) in [5.74, 6) is 7.32. The van der Waals surface area contributed by atoms with E-state index in [0.717, 1.165) is 21.9 Å². The van der Waals surface area contributed by atoms with Crippen LogP contribution in [0, 0.1) is 0 Å². The Hall–Kier alpha value is -1.56. The van der Waals surface area contributed by atoms with E-state index in [9.17, 15) is 0 Å². The molecule has 2 rings (SSSR count). The Morgan fingerprint density at radius 1 is 1.22 bits per heavy atom. The summed E-state index contributed by atoms with van der Waals surface area (Å²) in [7, 11) is 3.31. The molecule has 1 atom stereocenters. The molecule has 0 spiro atoms. The first-order valence-electron chi connectivity index (χ1n) is 5.51. The molecule has 0 aliphatic heterocycles. The van der Waals surface area contributed by atoms with E-state index in [1.165, 1.54) is 0 Å². The Bertz CT molecular complexity index is 513. The smallest absolute Gasteiger partial charge is 0.129 e. The maximum absolute atomic E-state index is 5.67. The molecule has 0 saturated carbocycles. The van der Waals surface area contributed by atoms with E-state index in [1.54, 1.807) is 25.6 Å². The zero-order valence-corrected chi connectivity index (χ0v) is 11.2. The average molecular weight is 264 g/mol. The van der Waals surface area contributed by atoms with Gasteiger partial charge < -0.3 is 9.47 Å². The Balaban J connectivity index is 2.38. The number of thiophene rings is 1. The molecule has 0 bridgehead atoms. The van der Waals surface area contributed by atoms with E-state index >= 15 is 0 Å². The minimum Gasteiger partial charge on any atom is -0.496 e. The summed E-state index contributed by atoms with van der Waals surface area (Å²) in [6, 6.07) is 9.69. The van der Waals surface area contributed by atoms with Crippen molar-refractivity contribution < 1.29 is 9.47 Å². The summed E-state index contributed by atoms with van der Waals surface area (Å²) < 4.78 is 10.6. The second kappa shape index (κ2) is 5.86. The maximum atomic E-state index is 5.67. The molecule has 1 aromatic carbocycles. The molecule has 2 aromatic rings. The van der Waals surface area contributed by atoms with Gasteiger partial charge in [-0.05, 0) is 12.1 Å². The van der Waals surface area contributed by atoms with Gasteiger partial charge in [0.15, 0.2) is 0 Å². The largest absolute Gasteiger partial charge is 0.496 e. The number of methoxy groups -OCH3 is 2. The van der Waals surface area contributed by atoms with Crippen LogP contribution in [0.25, 0.3) is 0 Å². The highest BCUT2D eigenvalue weighted by Gasteiger charge is 2.18. The van der Waals surface area contributed by atoms with Gasteiger partial charge in [0.05, 0.1) is 20.3 Å². The number of nitrogens with one attached hydrogen (secondary N) is 1. The van der Waals surface area contributed by atoms with Gasteiger partial charge in [-0.3, -0.25) is 5.84 Å². The summed E-state index contributed by atoms with van der Waals surface area (Å²) in [5, 5.41) is 1.95. The predicted molar refractivity (Wildman–Crippen MR) is 73.0 cm³/mol. The molecule has 0 saturated heterocycles. The fourth-order valence-electron chi connectivity index (χ4n) is 1.82. The topological polar surface area (TPSA) is 56.5 Å². The first-order valence-corrected chi connectivity index (χ1v) is 6.39. The van der Waals surface area contributed by atoms with Crippen molar-refractivity contribution in [2.24, 2.45) is 5.84 Å². The first-order chi connectivity index (χ1) is 8.80. The van der Waals surface area contributed by atoms with Gasteiger partial charge in [0.2, 0.25) is 0 Å². The van der Waals surface area contributed by atoms with Crippen molar-refractivity contribution in [3.05, 3.63) is 46.2 Å². The summed E-state index contributed by atoms with van der Waals surface area (Å²) in [6.45, 7) is 0. The van der Waals surface area contributed by atoms with E-state index in [2.05, 4.69) is 5.43 Å². The second-order valence-corrected chi connectivity index (χ2v) is 4.67. The molecule has 1 aromatic heterocycles. The number of hydrogen-bond acceptors (Lipinski definition) is 5. The third kappa shape index (κ3) is 2.48. The van der Waals surface area contributed by atoms with Crippen molar-refractivity contribution in [3.63, 3.8) is 0 Å². The molecule has 4 nitrogen and oxygen atoms in total. The van der Waals surface area contributed by atoms with Gasteiger partial charge in [0.1, 0.15) is 11.5 Å². The molecule has 18 heavy (non-hydrogen) atoms. The molecular weight excluding hydrogens is 248 g/mol. The molecule has 1 heterocycles. The van der Waals surface area contributed by atoms with Crippen LogP contribution < -0.4 is 20.7 Å². The third-order valence-electron chi connectivity index (χ3n) is 2.73. The average Bonchev–Trinajstić information content (AvgIpc) is 2.89.